The van der Waals surface area contributed by atoms with Crippen LogP contribution < -0.4 is 14.7 Å². The van der Waals surface area contributed by atoms with Crippen LogP contribution in [0.1, 0.15) is 12.8 Å². The Labute approximate surface area is 155 Å². The molecule has 1 aliphatic rings. The van der Waals surface area contributed by atoms with Crippen molar-refractivity contribution in [1.29, 1.82) is 0 Å². The van der Waals surface area contributed by atoms with E-state index in [1.165, 1.54) is 0 Å². The van der Waals surface area contributed by atoms with Crippen molar-refractivity contribution in [1.82, 2.24) is 9.97 Å². The van der Waals surface area contributed by atoms with E-state index in [1.54, 1.807) is 24.8 Å². The van der Waals surface area contributed by atoms with Gasteiger partial charge in [0.05, 0.1) is 12.5 Å². The number of carboxylic acids is 1. The van der Waals surface area contributed by atoms with Gasteiger partial charge in [-0.2, -0.15) is 0 Å². The zero-order valence-corrected chi connectivity index (χ0v) is 15.2. The molecule has 26 heavy (non-hydrogen) atoms. The van der Waals surface area contributed by atoms with Crippen molar-refractivity contribution in [3.63, 3.8) is 0 Å². The number of carbonyl (C=O) groups excluding carboxylic acids is 1. The number of rotatable bonds is 4. The van der Waals surface area contributed by atoms with Gasteiger partial charge in [0.2, 0.25) is 0 Å². The van der Waals surface area contributed by atoms with Gasteiger partial charge >= 0.3 is 0 Å². The molecule has 1 aromatic carbocycles. The van der Waals surface area contributed by atoms with E-state index >= 15 is 0 Å². The minimum atomic E-state index is -0.952. The molecule has 0 radical (unpaired) electrons. The molecule has 3 heterocycles. The van der Waals surface area contributed by atoms with Crippen molar-refractivity contribution >= 4 is 33.3 Å². The smallest absolute Gasteiger partial charge is 0.141 e. The second-order valence-electron chi connectivity index (χ2n) is 6.34. The third kappa shape index (κ3) is 2.99. The number of nitrogens with zero attached hydrogens (tertiary/aromatic N) is 3. The monoisotopic (exact) mass is 368 g/mol. The van der Waals surface area contributed by atoms with Crippen molar-refractivity contribution in [2.75, 3.05) is 25.1 Å². The normalized spacial score (nSPS) is 15.3. The summed E-state index contributed by atoms with van der Waals surface area (Å²) in [5.74, 6) is 0.368. The van der Waals surface area contributed by atoms with Crippen LogP contribution in [0.15, 0.2) is 36.0 Å². The molecule has 0 amide bonds. The molecule has 2 aromatic heterocycles. The lowest BCUT2D eigenvalue weighted by molar-refractivity contribution is -0.312. The summed E-state index contributed by atoms with van der Waals surface area (Å²) in [4.78, 5) is 23.1. The number of aromatic nitrogens is 2. The standard InChI is InChI=1S/C19H19N3O3S/c1-25-14-4-2-12(3-5-14)15-10-26-18-16(15)17(20-11-21-18)22-8-6-13(7-9-22)19(23)24/h2-5,10-11,13H,6-9H2,1H3,(H,23,24)/p-1. The number of benzene rings is 1. The highest BCUT2D eigenvalue weighted by Crippen LogP contribution is 2.39. The first kappa shape index (κ1) is 16.8. The fraction of sp³-hybridized carbons (Fsp3) is 0.316. The first-order valence-corrected chi connectivity index (χ1v) is 9.37. The average Bonchev–Trinajstić information content (AvgIpc) is 3.12. The van der Waals surface area contributed by atoms with Gasteiger partial charge in [0.1, 0.15) is 22.7 Å². The van der Waals surface area contributed by atoms with E-state index in [4.69, 9.17) is 4.74 Å². The minimum absolute atomic E-state index is 0.368. The molecule has 7 heteroatoms. The molecule has 0 atom stereocenters. The average molecular weight is 368 g/mol. The fourth-order valence-corrected chi connectivity index (χ4v) is 4.32. The van der Waals surface area contributed by atoms with Crippen LogP contribution in [-0.2, 0) is 4.79 Å². The number of anilines is 1. The molecule has 0 spiro atoms. The fourth-order valence-electron chi connectivity index (χ4n) is 3.41. The summed E-state index contributed by atoms with van der Waals surface area (Å²) in [6.07, 6.45) is 2.74. The largest absolute Gasteiger partial charge is 0.550 e. The van der Waals surface area contributed by atoms with Gasteiger partial charge in [-0.25, -0.2) is 9.97 Å². The molecule has 0 N–H and O–H groups in total. The van der Waals surface area contributed by atoms with E-state index in [-0.39, 0.29) is 5.92 Å². The van der Waals surface area contributed by atoms with Gasteiger partial charge in [0.25, 0.3) is 0 Å². The molecule has 0 unspecified atom stereocenters. The molecule has 1 fully saturated rings. The number of hydrogen-bond donors (Lipinski definition) is 0. The number of carbonyl (C=O) groups is 1. The Kier molecular flexibility index (Phi) is 4.46. The van der Waals surface area contributed by atoms with Crippen LogP contribution in [0, 0.1) is 5.92 Å². The van der Waals surface area contributed by atoms with Gasteiger partial charge in [-0.05, 0) is 30.5 Å². The quantitative estimate of drug-likeness (QED) is 0.703. The molecule has 6 nitrogen and oxygen atoms in total. The Morgan fingerprint density at radius 2 is 1.96 bits per heavy atom. The lowest BCUT2D eigenvalue weighted by Gasteiger charge is -2.33. The van der Waals surface area contributed by atoms with Crippen molar-refractivity contribution < 1.29 is 14.6 Å². The highest BCUT2D eigenvalue weighted by molar-refractivity contribution is 7.17. The summed E-state index contributed by atoms with van der Waals surface area (Å²) >= 11 is 1.59. The van der Waals surface area contributed by atoms with Crippen LogP contribution >= 0.6 is 11.3 Å². The summed E-state index contributed by atoms with van der Waals surface area (Å²) in [5, 5.41) is 14.2. The van der Waals surface area contributed by atoms with Crippen molar-refractivity contribution in [3.8, 4) is 16.9 Å². The number of fused-ring (bicyclic) bond motifs is 1. The molecule has 4 rings (SSSR count). The van der Waals surface area contributed by atoms with E-state index in [1.807, 2.05) is 24.3 Å². The SMILES string of the molecule is COc1ccc(-c2csc3ncnc(N4CCC(C(=O)[O-])CC4)c23)cc1. The van der Waals surface area contributed by atoms with Gasteiger partial charge in [-0.3, -0.25) is 0 Å². The predicted molar refractivity (Wildman–Crippen MR) is 99.3 cm³/mol. The summed E-state index contributed by atoms with van der Waals surface area (Å²) in [6.45, 7) is 1.31. The number of methoxy groups -OCH3 is 1. The summed E-state index contributed by atoms with van der Waals surface area (Å²) < 4.78 is 5.24. The molecule has 134 valence electrons. The summed E-state index contributed by atoms with van der Waals surface area (Å²) in [5.41, 5.74) is 2.17. The van der Waals surface area contributed by atoms with Crippen LogP contribution in [0.5, 0.6) is 5.75 Å². The third-order valence-electron chi connectivity index (χ3n) is 4.88. The molecule has 0 aliphatic carbocycles. The van der Waals surface area contributed by atoms with Gasteiger partial charge in [-0.1, -0.05) is 12.1 Å². The maximum absolute atomic E-state index is 11.1. The van der Waals surface area contributed by atoms with Gasteiger partial charge in [0.15, 0.2) is 0 Å². The van der Waals surface area contributed by atoms with Gasteiger partial charge < -0.3 is 19.5 Å². The van der Waals surface area contributed by atoms with Gasteiger partial charge in [-0.15, -0.1) is 11.3 Å². The van der Waals surface area contributed by atoms with Crippen LogP contribution in [0.2, 0.25) is 0 Å². The molecule has 0 bridgehead atoms. The van der Waals surface area contributed by atoms with Crippen molar-refractivity contribution in [3.05, 3.63) is 36.0 Å². The maximum Gasteiger partial charge on any atom is 0.141 e. The summed E-state index contributed by atoms with van der Waals surface area (Å²) in [6, 6.07) is 7.93. The number of carboxylic acid groups (broad SMARTS) is 1. The number of hydrogen-bond acceptors (Lipinski definition) is 7. The number of ether oxygens (including phenoxy) is 1. The van der Waals surface area contributed by atoms with Gasteiger partial charge in [0, 0.05) is 35.9 Å². The Morgan fingerprint density at radius 1 is 1.23 bits per heavy atom. The zero-order valence-electron chi connectivity index (χ0n) is 14.3. The molecule has 3 aromatic rings. The molecular formula is C19H18N3O3S-. The van der Waals surface area contributed by atoms with E-state index < -0.39 is 5.97 Å². The molecule has 0 saturated carbocycles. The third-order valence-corrected chi connectivity index (χ3v) is 5.77. The van der Waals surface area contributed by atoms with Crippen LogP contribution in [0.25, 0.3) is 21.3 Å². The van der Waals surface area contributed by atoms with Crippen LogP contribution in [-0.4, -0.2) is 36.1 Å². The van der Waals surface area contributed by atoms with E-state index in [0.717, 1.165) is 32.9 Å². The lowest BCUT2D eigenvalue weighted by atomic mass is 9.96. The first-order valence-electron chi connectivity index (χ1n) is 8.50. The maximum atomic E-state index is 11.1. The second kappa shape index (κ2) is 6.92. The molecule has 1 aliphatic heterocycles. The van der Waals surface area contributed by atoms with Crippen molar-refractivity contribution in [2.45, 2.75) is 12.8 Å². The van der Waals surface area contributed by atoms with Crippen LogP contribution in [0.4, 0.5) is 5.82 Å². The molecular weight excluding hydrogens is 350 g/mol. The highest BCUT2D eigenvalue weighted by atomic mass is 32.1. The van der Waals surface area contributed by atoms with Crippen molar-refractivity contribution in [2.24, 2.45) is 5.92 Å². The number of aliphatic carboxylic acids is 1. The number of thiophene rings is 1. The van der Waals surface area contributed by atoms with E-state index in [9.17, 15) is 9.90 Å². The van der Waals surface area contributed by atoms with E-state index in [2.05, 4.69) is 20.2 Å². The first-order chi connectivity index (χ1) is 12.7. The zero-order chi connectivity index (χ0) is 18.1. The topological polar surface area (TPSA) is 78.4 Å². The summed E-state index contributed by atoms with van der Waals surface area (Å²) in [7, 11) is 1.65. The minimum Gasteiger partial charge on any atom is -0.550 e. The second-order valence-corrected chi connectivity index (χ2v) is 7.19. The Morgan fingerprint density at radius 3 is 2.62 bits per heavy atom. The Balaban J connectivity index is 1.72. The predicted octanol–water partition coefficient (Wildman–Crippen LogP) is 2.33. The highest BCUT2D eigenvalue weighted by Gasteiger charge is 2.24. The molecule has 1 saturated heterocycles. The Bertz CT molecular complexity index is 931. The van der Waals surface area contributed by atoms with Crippen LogP contribution in [0.3, 0.4) is 0 Å². The lowest BCUT2D eigenvalue weighted by Crippen LogP contribution is -2.41. The number of piperidine rings is 1. The Hall–Kier alpha value is -2.67. The van der Waals surface area contributed by atoms with E-state index in [0.29, 0.717) is 25.9 Å².